The summed E-state index contributed by atoms with van der Waals surface area (Å²) < 4.78 is 6.81. The van der Waals surface area contributed by atoms with E-state index in [1.54, 1.807) is 0 Å². The van der Waals surface area contributed by atoms with Crippen LogP contribution in [-0.2, 0) is 4.74 Å². The number of unbranched alkanes of at least 4 members (excludes halogenated alkanes) is 2. The van der Waals surface area contributed by atoms with Gasteiger partial charge in [-0.2, -0.15) is 0 Å². The summed E-state index contributed by atoms with van der Waals surface area (Å²) in [6.45, 7) is 18.3. The number of rotatable bonds is 10. The van der Waals surface area contributed by atoms with E-state index in [1.807, 2.05) is 6.08 Å². The Balaban J connectivity index is 3.06. The molecule has 1 aromatic carbocycles. The van der Waals surface area contributed by atoms with Crippen molar-refractivity contribution in [2.45, 2.75) is 89.8 Å². The third-order valence-corrected chi connectivity index (χ3v) is 11.2. The molecule has 0 heterocycles. The monoisotopic (exact) mass is 346 g/mol. The van der Waals surface area contributed by atoms with Crippen molar-refractivity contribution >= 4 is 8.07 Å². The maximum Gasteiger partial charge on any atom is 0.0925 e. The number of hydrogen-bond acceptors (Lipinski definition) is 1. The minimum atomic E-state index is -1.67. The third-order valence-electron chi connectivity index (χ3n) is 5.58. The maximum absolute atomic E-state index is 6.81. The Morgan fingerprint density at radius 2 is 1.75 bits per heavy atom. The number of benzene rings is 1. The van der Waals surface area contributed by atoms with Gasteiger partial charge in [0.05, 0.1) is 19.9 Å². The number of hydrogen-bond donors (Lipinski definition) is 0. The van der Waals surface area contributed by atoms with Crippen molar-refractivity contribution in [3.8, 4) is 0 Å². The minimum absolute atomic E-state index is 0.227. The van der Waals surface area contributed by atoms with Gasteiger partial charge >= 0.3 is 0 Å². The van der Waals surface area contributed by atoms with Crippen LogP contribution in [0.5, 0.6) is 0 Å². The van der Waals surface area contributed by atoms with Crippen LogP contribution in [0.15, 0.2) is 43.0 Å². The predicted octanol–water partition coefficient (Wildman–Crippen LogP) is 7.32. The fraction of sp³-hybridized carbons (Fsp3) is 0.636. The van der Waals surface area contributed by atoms with Crippen LogP contribution in [0.2, 0.25) is 18.1 Å². The Labute approximate surface area is 151 Å². The van der Waals surface area contributed by atoms with Crippen LogP contribution in [0.25, 0.3) is 0 Å². The summed E-state index contributed by atoms with van der Waals surface area (Å²) in [7, 11) is -1.67. The van der Waals surface area contributed by atoms with E-state index < -0.39 is 8.07 Å². The van der Waals surface area contributed by atoms with Crippen LogP contribution >= 0.6 is 0 Å². The van der Waals surface area contributed by atoms with E-state index in [4.69, 9.17) is 4.74 Å². The molecule has 0 aromatic heterocycles. The molecule has 0 saturated heterocycles. The summed E-state index contributed by atoms with van der Waals surface area (Å²) in [4.78, 5) is 0. The summed E-state index contributed by atoms with van der Waals surface area (Å²) in [5.74, 6) is 0. The van der Waals surface area contributed by atoms with Gasteiger partial charge in [-0.15, -0.1) is 6.58 Å². The summed E-state index contributed by atoms with van der Waals surface area (Å²) >= 11 is 0. The van der Waals surface area contributed by atoms with Gasteiger partial charge in [0.15, 0.2) is 0 Å². The van der Waals surface area contributed by atoms with Crippen molar-refractivity contribution in [3.05, 3.63) is 48.6 Å². The van der Waals surface area contributed by atoms with Crippen molar-refractivity contribution in [1.29, 1.82) is 0 Å². The van der Waals surface area contributed by atoms with Crippen LogP contribution < -0.4 is 0 Å². The first-order valence-corrected chi connectivity index (χ1v) is 12.6. The second kappa shape index (κ2) is 9.58. The van der Waals surface area contributed by atoms with Crippen molar-refractivity contribution in [2.24, 2.45) is 0 Å². The Morgan fingerprint density at radius 3 is 2.25 bits per heavy atom. The zero-order valence-corrected chi connectivity index (χ0v) is 17.8. The molecule has 0 amide bonds. The van der Waals surface area contributed by atoms with E-state index >= 15 is 0 Å². The molecule has 1 rings (SSSR count). The van der Waals surface area contributed by atoms with Gasteiger partial charge in [0.1, 0.15) is 0 Å². The van der Waals surface area contributed by atoms with E-state index in [2.05, 4.69) is 77.7 Å². The van der Waals surface area contributed by atoms with E-state index in [-0.39, 0.29) is 16.9 Å². The van der Waals surface area contributed by atoms with Gasteiger partial charge in [0.2, 0.25) is 0 Å². The van der Waals surface area contributed by atoms with Gasteiger partial charge < -0.3 is 4.74 Å². The smallest absolute Gasteiger partial charge is 0.0925 e. The lowest BCUT2D eigenvalue weighted by Gasteiger charge is -2.44. The largest absolute Gasteiger partial charge is 0.373 e. The van der Waals surface area contributed by atoms with E-state index in [0.717, 1.165) is 12.8 Å². The first kappa shape index (κ1) is 21.2. The van der Waals surface area contributed by atoms with Gasteiger partial charge in [-0.3, -0.25) is 0 Å². The Kier molecular flexibility index (Phi) is 8.45. The van der Waals surface area contributed by atoms with Crippen molar-refractivity contribution in [3.63, 3.8) is 0 Å². The highest BCUT2D eigenvalue weighted by molar-refractivity contribution is 6.81. The van der Waals surface area contributed by atoms with Gasteiger partial charge in [-0.25, -0.2) is 0 Å². The maximum atomic E-state index is 6.81. The Bertz CT molecular complexity index is 472. The molecule has 1 nitrogen and oxygen atoms in total. The average molecular weight is 347 g/mol. The van der Waals surface area contributed by atoms with Crippen LogP contribution in [0.4, 0.5) is 0 Å². The van der Waals surface area contributed by atoms with Crippen LogP contribution in [0, 0.1) is 0 Å². The summed E-state index contributed by atoms with van der Waals surface area (Å²) in [6, 6.07) is 10.8. The zero-order valence-electron chi connectivity index (χ0n) is 16.8. The average Bonchev–Trinajstić information content (AvgIpc) is 2.52. The lowest BCUT2D eigenvalue weighted by molar-refractivity contribution is 0.0174. The highest BCUT2D eigenvalue weighted by Gasteiger charge is 2.44. The molecule has 2 atom stereocenters. The first-order valence-electron chi connectivity index (χ1n) is 9.55. The molecule has 24 heavy (non-hydrogen) atoms. The fourth-order valence-electron chi connectivity index (χ4n) is 2.93. The Morgan fingerprint density at radius 1 is 1.12 bits per heavy atom. The molecule has 0 aliphatic carbocycles. The SMILES string of the molecule is C=CC[C@@H](CCCCC)O[C@H](c1ccccc1)[Si](C)(C)C(C)(C)C. The topological polar surface area (TPSA) is 9.23 Å². The molecule has 0 spiro atoms. The molecule has 0 N–H and O–H groups in total. The van der Waals surface area contributed by atoms with E-state index in [0.29, 0.717) is 0 Å². The molecular formula is C22H38OSi. The molecule has 0 fully saturated rings. The van der Waals surface area contributed by atoms with Crippen molar-refractivity contribution in [2.75, 3.05) is 0 Å². The highest BCUT2D eigenvalue weighted by Crippen LogP contribution is 2.46. The second-order valence-corrected chi connectivity index (χ2v) is 14.0. The van der Waals surface area contributed by atoms with E-state index in [9.17, 15) is 0 Å². The quantitative estimate of drug-likeness (QED) is 0.245. The van der Waals surface area contributed by atoms with Gasteiger partial charge in [0.25, 0.3) is 0 Å². The van der Waals surface area contributed by atoms with Crippen LogP contribution in [0.3, 0.4) is 0 Å². The van der Waals surface area contributed by atoms with Gasteiger partial charge in [-0.05, 0) is 23.4 Å². The molecular weight excluding hydrogens is 308 g/mol. The molecule has 0 aliphatic heterocycles. The highest BCUT2D eigenvalue weighted by atomic mass is 28.3. The lowest BCUT2D eigenvalue weighted by Crippen LogP contribution is -2.46. The van der Waals surface area contributed by atoms with Crippen LogP contribution in [0.1, 0.15) is 71.1 Å². The third kappa shape index (κ3) is 5.89. The molecule has 0 unspecified atom stereocenters. The van der Waals surface area contributed by atoms with Gasteiger partial charge in [-0.1, -0.05) is 96.5 Å². The first-order chi connectivity index (χ1) is 11.2. The molecule has 1 aromatic rings. The predicted molar refractivity (Wildman–Crippen MR) is 110 cm³/mol. The zero-order chi connectivity index (χ0) is 18.2. The molecule has 136 valence electrons. The molecule has 0 saturated carbocycles. The van der Waals surface area contributed by atoms with Crippen LogP contribution in [-0.4, -0.2) is 14.2 Å². The molecule has 0 radical (unpaired) electrons. The Hall–Kier alpha value is -0.863. The molecule has 0 bridgehead atoms. The fourth-order valence-corrected chi connectivity index (χ4v) is 5.27. The molecule has 2 heteroatoms. The summed E-state index contributed by atoms with van der Waals surface area (Å²) in [5, 5.41) is 0.287. The lowest BCUT2D eigenvalue weighted by atomic mass is 10.1. The van der Waals surface area contributed by atoms with Crippen molar-refractivity contribution < 1.29 is 4.74 Å². The molecule has 0 aliphatic rings. The number of ether oxygens (including phenoxy) is 1. The standard InChI is InChI=1S/C22H38OSi/c1-8-10-12-18-20(15-9-2)23-21(19-16-13-11-14-17-19)24(6,7)22(3,4)5/h9,11,13-14,16-17,20-21H,2,8,10,12,15,18H2,1,3-7H3/t20-,21-/m0/s1. The summed E-state index contributed by atoms with van der Waals surface area (Å²) in [6.07, 6.45) is 8.17. The summed E-state index contributed by atoms with van der Waals surface area (Å²) in [5.41, 5.74) is 1.57. The normalized spacial score (nSPS) is 15.1. The second-order valence-electron chi connectivity index (χ2n) is 8.54. The van der Waals surface area contributed by atoms with Gasteiger partial charge in [0, 0.05) is 0 Å². The van der Waals surface area contributed by atoms with E-state index in [1.165, 1.54) is 24.8 Å². The van der Waals surface area contributed by atoms with Crippen molar-refractivity contribution in [1.82, 2.24) is 0 Å². The minimum Gasteiger partial charge on any atom is -0.373 e.